The van der Waals surface area contributed by atoms with Gasteiger partial charge in [0.05, 0.1) is 10.9 Å². The van der Waals surface area contributed by atoms with E-state index in [1.807, 2.05) is 12.1 Å². The van der Waals surface area contributed by atoms with Crippen LogP contribution in [0, 0.1) is 11.7 Å². The molecule has 0 bridgehead atoms. The van der Waals surface area contributed by atoms with Crippen molar-refractivity contribution in [3.8, 4) is 17.3 Å². The van der Waals surface area contributed by atoms with Crippen LogP contribution in [0.5, 0.6) is 6.01 Å². The normalized spacial score (nSPS) is 24.3. The number of pyridine rings is 1. The first-order chi connectivity index (χ1) is 20.0. The van der Waals surface area contributed by atoms with Gasteiger partial charge in [0.2, 0.25) is 5.91 Å². The van der Waals surface area contributed by atoms with Crippen LogP contribution in [0.15, 0.2) is 36.9 Å². The van der Waals surface area contributed by atoms with Crippen molar-refractivity contribution in [1.29, 1.82) is 0 Å². The summed E-state index contributed by atoms with van der Waals surface area (Å²) in [6.07, 6.45) is 8.24. The third-order valence-electron chi connectivity index (χ3n) is 10.2. The first kappa shape index (κ1) is 25.1. The number of anilines is 1. The number of amides is 1. The second-order valence-corrected chi connectivity index (χ2v) is 12.4. The number of aromatic nitrogens is 3. The zero-order chi connectivity index (χ0) is 27.7. The SMILES string of the molecule is C=CC(=O)N1CCN(c2nc(OCC34CCCN3CCC4)nc3nc(-c4cccc5c4C4CC4C5)c(F)cc23)CC1. The Labute approximate surface area is 239 Å². The second-order valence-electron chi connectivity index (χ2n) is 12.4. The van der Waals surface area contributed by atoms with Crippen molar-refractivity contribution in [1.82, 2.24) is 24.8 Å². The van der Waals surface area contributed by atoms with E-state index in [9.17, 15) is 4.79 Å². The van der Waals surface area contributed by atoms with E-state index in [1.54, 1.807) is 11.0 Å². The van der Waals surface area contributed by atoms with Gasteiger partial charge in [0.25, 0.3) is 0 Å². The Morgan fingerprint density at radius 1 is 1.10 bits per heavy atom. The maximum atomic E-state index is 15.9. The minimum Gasteiger partial charge on any atom is -0.461 e. The molecule has 0 spiro atoms. The monoisotopic (exact) mass is 554 g/mol. The Morgan fingerprint density at radius 2 is 1.90 bits per heavy atom. The van der Waals surface area contributed by atoms with Crippen LogP contribution >= 0.6 is 0 Å². The van der Waals surface area contributed by atoms with E-state index in [-0.39, 0.29) is 23.3 Å². The molecule has 3 saturated heterocycles. The summed E-state index contributed by atoms with van der Waals surface area (Å²) in [6, 6.07) is 8.02. The predicted octanol–water partition coefficient (Wildman–Crippen LogP) is 4.33. The summed E-state index contributed by atoms with van der Waals surface area (Å²) >= 11 is 0. The van der Waals surface area contributed by atoms with Crippen molar-refractivity contribution in [2.45, 2.75) is 50.0 Å². The van der Waals surface area contributed by atoms with Gasteiger partial charge in [-0.05, 0) is 86.7 Å². The topological polar surface area (TPSA) is 74.7 Å². The molecule has 41 heavy (non-hydrogen) atoms. The number of nitrogens with zero attached hydrogens (tertiary/aromatic N) is 6. The molecule has 5 aliphatic rings. The molecule has 4 fully saturated rings. The van der Waals surface area contributed by atoms with E-state index >= 15 is 4.39 Å². The molecule has 0 N–H and O–H groups in total. The Bertz CT molecular complexity index is 1560. The molecule has 1 amide bonds. The molecule has 2 aromatic heterocycles. The Balaban J connectivity index is 1.18. The number of carbonyl (C=O) groups excluding carboxylic acids is 1. The third-order valence-corrected chi connectivity index (χ3v) is 10.2. The van der Waals surface area contributed by atoms with E-state index < -0.39 is 0 Å². The van der Waals surface area contributed by atoms with Gasteiger partial charge in [-0.1, -0.05) is 24.8 Å². The summed E-state index contributed by atoms with van der Waals surface area (Å²) in [4.78, 5) is 33.1. The lowest BCUT2D eigenvalue weighted by molar-refractivity contribution is -0.126. The van der Waals surface area contributed by atoms with E-state index in [1.165, 1.54) is 36.5 Å². The fourth-order valence-corrected chi connectivity index (χ4v) is 7.96. The van der Waals surface area contributed by atoms with Gasteiger partial charge in [0.15, 0.2) is 5.65 Å². The Hall–Kier alpha value is -3.59. The maximum absolute atomic E-state index is 15.9. The number of hydrogen-bond donors (Lipinski definition) is 0. The molecule has 1 aromatic carbocycles. The van der Waals surface area contributed by atoms with Crippen LogP contribution in [-0.4, -0.2) is 82.1 Å². The van der Waals surface area contributed by atoms with Crippen molar-refractivity contribution < 1.29 is 13.9 Å². The first-order valence-electron chi connectivity index (χ1n) is 15.1. The van der Waals surface area contributed by atoms with Crippen LogP contribution in [0.4, 0.5) is 10.2 Å². The van der Waals surface area contributed by atoms with Crippen LogP contribution in [0.2, 0.25) is 0 Å². The number of halogens is 1. The zero-order valence-electron chi connectivity index (χ0n) is 23.3. The molecular weight excluding hydrogens is 519 g/mol. The Morgan fingerprint density at radius 3 is 2.68 bits per heavy atom. The molecule has 1 saturated carbocycles. The quantitative estimate of drug-likeness (QED) is 0.420. The van der Waals surface area contributed by atoms with Gasteiger partial charge >= 0.3 is 6.01 Å². The molecule has 8 nitrogen and oxygen atoms in total. The molecule has 8 rings (SSSR count). The highest BCUT2D eigenvalue weighted by molar-refractivity contribution is 5.90. The van der Waals surface area contributed by atoms with Crippen LogP contribution in [0.3, 0.4) is 0 Å². The molecule has 0 radical (unpaired) electrons. The lowest BCUT2D eigenvalue weighted by Gasteiger charge is -2.35. The van der Waals surface area contributed by atoms with Gasteiger partial charge in [-0.25, -0.2) is 9.37 Å². The summed E-state index contributed by atoms with van der Waals surface area (Å²) in [5.41, 5.74) is 4.33. The molecule has 2 unspecified atom stereocenters. The summed E-state index contributed by atoms with van der Waals surface area (Å²) in [7, 11) is 0. The van der Waals surface area contributed by atoms with E-state index in [0.29, 0.717) is 67.2 Å². The smallest absolute Gasteiger partial charge is 0.320 e. The first-order valence-corrected chi connectivity index (χ1v) is 15.1. The van der Waals surface area contributed by atoms with Gasteiger partial charge in [0, 0.05) is 31.7 Å². The average Bonchev–Trinajstić information content (AvgIpc) is 3.28. The number of piperazine rings is 1. The van der Waals surface area contributed by atoms with Crippen molar-refractivity contribution in [3.05, 3.63) is 53.9 Å². The van der Waals surface area contributed by atoms with Crippen LogP contribution in [0.25, 0.3) is 22.3 Å². The highest BCUT2D eigenvalue weighted by atomic mass is 19.1. The summed E-state index contributed by atoms with van der Waals surface area (Å²) in [5.74, 6) is 1.39. The maximum Gasteiger partial charge on any atom is 0.320 e. The second kappa shape index (κ2) is 9.48. The van der Waals surface area contributed by atoms with Crippen molar-refractivity contribution in [2.24, 2.45) is 5.92 Å². The molecule has 2 aliphatic carbocycles. The zero-order valence-corrected chi connectivity index (χ0v) is 23.3. The number of fused-ring (bicyclic) bond motifs is 5. The van der Waals surface area contributed by atoms with Crippen molar-refractivity contribution >= 4 is 22.8 Å². The Kier molecular flexibility index (Phi) is 5.81. The van der Waals surface area contributed by atoms with Crippen molar-refractivity contribution in [2.75, 3.05) is 50.8 Å². The van der Waals surface area contributed by atoms with Gasteiger partial charge < -0.3 is 14.5 Å². The molecular formula is C32H35FN6O2. The number of benzene rings is 1. The van der Waals surface area contributed by atoms with E-state index in [0.717, 1.165) is 37.9 Å². The number of ether oxygens (including phenoxy) is 1. The highest BCUT2D eigenvalue weighted by Crippen LogP contribution is 2.58. The average molecular weight is 555 g/mol. The van der Waals surface area contributed by atoms with Crippen LogP contribution in [-0.2, 0) is 11.2 Å². The van der Waals surface area contributed by atoms with E-state index in [2.05, 4.69) is 22.4 Å². The molecule has 212 valence electrons. The van der Waals surface area contributed by atoms with Crippen LogP contribution < -0.4 is 9.64 Å². The van der Waals surface area contributed by atoms with Crippen molar-refractivity contribution in [3.63, 3.8) is 0 Å². The lowest BCUT2D eigenvalue weighted by atomic mass is 9.95. The molecule has 9 heteroatoms. The fraction of sp³-hybridized carbons (Fsp3) is 0.500. The van der Waals surface area contributed by atoms with E-state index in [4.69, 9.17) is 19.7 Å². The van der Waals surface area contributed by atoms with Gasteiger partial charge in [-0.2, -0.15) is 9.97 Å². The predicted molar refractivity (Wildman–Crippen MR) is 155 cm³/mol. The molecule has 3 aromatic rings. The number of carbonyl (C=O) groups is 1. The molecule has 2 atom stereocenters. The summed E-state index contributed by atoms with van der Waals surface area (Å²) in [5, 5.41) is 0.570. The lowest BCUT2D eigenvalue weighted by Crippen LogP contribution is -2.48. The van der Waals surface area contributed by atoms with Crippen LogP contribution in [0.1, 0.15) is 49.1 Å². The summed E-state index contributed by atoms with van der Waals surface area (Å²) in [6.45, 7) is 8.62. The largest absolute Gasteiger partial charge is 0.461 e. The minimum absolute atomic E-state index is 0.0575. The van der Waals surface area contributed by atoms with Gasteiger partial charge in [0.1, 0.15) is 23.9 Å². The number of rotatable bonds is 6. The van der Waals surface area contributed by atoms with Gasteiger partial charge in [-0.3, -0.25) is 9.69 Å². The fourth-order valence-electron chi connectivity index (χ4n) is 7.96. The molecule has 3 aliphatic heterocycles. The minimum atomic E-state index is -0.361. The summed E-state index contributed by atoms with van der Waals surface area (Å²) < 4.78 is 22.3. The number of hydrogen-bond acceptors (Lipinski definition) is 7. The molecule has 5 heterocycles. The third kappa shape index (κ3) is 4.11. The standard InChI is InChI=1S/C32H35FN6O2/c1-2-26(40)37-12-14-38(15-13-37)30-24-18-25(33)28(22-7-3-6-20-16-21-17-23(21)27(20)22)34-29(24)35-31(36-30)41-19-32-8-4-10-39(32)11-5-9-32/h2-3,6-7,18,21,23H,1,4-5,8-17,19H2. The van der Waals surface area contributed by atoms with Gasteiger partial charge in [-0.15, -0.1) is 0 Å². The highest BCUT2D eigenvalue weighted by Gasteiger charge is 2.47.